The first kappa shape index (κ1) is 17.4. The van der Waals surface area contributed by atoms with Gasteiger partial charge in [0.05, 0.1) is 12.0 Å². The molecule has 136 valence electrons. The smallest absolute Gasteiger partial charge is 0.290 e. The number of rotatable bonds is 3. The minimum Gasteiger partial charge on any atom is -0.496 e. The molecule has 2 amide bonds. The predicted molar refractivity (Wildman–Crippen MR) is 105 cm³/mol. The maximum atomic E-state index is 11.7. The Balaban J connectivity index is 1.82. The van der Waals surface area contributed by atoms with E-state index in [0.29, 0.717) is 16.2 Å². The van der Waals surface area contributed by atoms with E-state index in [1.807, 2.05) is 26.0 Å². The van der Waals surface area contributed by atoms with Gasteiger partial charge in [0.2, 0.25) is 0 Å². The Morgan fingerprint density at radius 2 is 1.89 bits per heavy atom. The van der Waals surface area contributed by atoms with Gasteiger partial charge in [0, 0.05) is 29.4 Å². The Morgan fingerprint density at radius 1 is 1.15 bits per heavy atom. The molecule has 27 heavy (non-hydrogen) atoms. The molecule has 3 aromatic rings. The van der Waals surface area contributed by atoms with Gasteiger partial charge in [-0.3, -0.25) is 19.9 Å². The Hall–Kier alpha value is -3.06. The van der Waals surface area contributed by atoms with Crippen LogP contribution in [0.3, 0.4) is 0 Å². The van der Waals surface area contributed by atoms with Crippen molar-refractivity contribution in [1.82, 2.24) is 10.3 Å². The number of carbonyl (C=O) groups is 2. The molecule has 0 saturated carbocycles. The molecule has 0 atom stereocenters. The van der Waals surface area contributed by atoms with Gasteiger partial charge in [0.15, 0.2) is 0 Å². The molecule has 1 aliphatic heterocycles. The molecule has 2 aromatic heterocycles. The van der Waals surface area contributed by atoms with Crippen LogP contribution in [0.4, 0.5) is 4.79 Å². The van der Waals surface area contributed by atoms with Crippen LogP contribution in [0.25, 0.3) is 28.2 Å². The summed E-state index contributed by atoms with van der Waals surface area (Å²) in [6.45, 7) is 3.99. The van der Waals surface area contributed by atoms with Crippen molar-refractivity contribution in [2.75, 3.05) is 7.11 Å². The second-order valence-electron chi connectivity index (χ2n) is 6.25. The van der Waals surface area contributed by atoms with E-state index in [1.54, 1.807) is 31.6 Å². The lowest BCUT2D eigenvalue weighted by Gasteiger charge is -2.11. The topological polar surface area (TPSA) is 81.4 Å². The average Bonchev–Trinajstić information content (AvgIpc) is 3.16. The second kappa shape index (κ2) is 6.59. The zero-order valence-corrected chi connectivity index (χ0v) is 15.8. The van der Waals surface area contributed by atoms with Crippen LogP contribution in [0.15, 0.2) is 39.9 Å². The first-order chi connectivity index (χ1) is 13.0. The lowest BCUT2D eigenvalue weighted by molar-refractivity contribution is -0.115. The number of aryl methyl sites for hydroxylation is 2. The molecule has 0 aliphatic carbocycles. The number of benzene rings is 1. The number of furan rings is 1. The number of fused-ring (bicyclic) bond motifs is 1. The number of nitrogens with zero attached hydrogens (tertiary/aromatic N) is 1. The van der Waals surface area contributed by atoms with Gasteiger partial charge in [0.25, 0.3) is 11.1 Å². The molecular formula is C20H16N2O4S. The van der Waals surface area contributed by atoms with Crippen LogP contribution in [0.2, 0.25) is 0 Å². The maximum absolute atomic E-state index is 11.7. The normalized spacial score (nSPS) is 15.6. The molecule has 7 heteroatoms. The van der Waals surface area contributed by atoms with E-state index in [4.69, 9.17) is 9.15 Å². The molecule has 0 bridgehead atoms. The van der Waals surface area contributed by atoms with Crippen molar-refractivity contribution in [3.8, 4) is 16.9 Å². The molecule has 1 aromatic carbocycles. The summed E-state index contributed by atoms with van der Waals surface area (Å²) in [5.41, 5.74) is 4.55. The third-order valence-corrected chi connectivity index (χ3v) is 5.14. The van der Waals surface area contributed by atoms with E-state index in [9.17, 15) is 9.59 Å². The molecule has 0 spiro atoms. The van der Waals surface area contributed by atoms with Crippen molar-refractivity contribution < 1.29 is 18.7 Å². The van der Waals surface area contributed by atoms with E-state index >= 15 is 0 Å². The van der Waals surface area contributed by atoms with Crippen LogP contribution < -0.4 is 10.1 Å². The van der Waals surface area contributed by atoms with Crippen LogP contribution in [0.5, 0.6) is 5.75 Å². The third-order valence-electron chi connectivity index (χ3n) is 4.33. The van der Waals surface area contributed by atoms with Crippen molar-refractivity contribution in [3.05, 3.63) is 52.4 Å². The van der Waals surface area contributed by atoms with Crippen LogP contribution >= 0.6 is 11.8 Å². The fourth-order valence-corrected chi connectivity index (χ4v) is 3.90. The average molecular weight is 380 g/mol. The van der Waals surface area contributed by atoms with Crippen LogP contribution in [-0.2, 0) is 4.79 Å². The highest BCUT2D eigenvalue weighted by atomic mass is 32.2. The Kier molecular flexibility index (Phi) is 4.24. The largest absolute Gasteiger partial charge is 0.496 e. The number of amides is 2. The maximum Gasteiger partial charge on any atom is 0.290 e. The van der Waals surface area contributed by atoms with Crippen molar-refractivity contribution in [2.45, 2.75) is 13.8 Å². The Labute approximate surface area is 159 Å². The predicted octanol–water partition coefficient (Wildman–Crippen LogP) is 4.44. The summed E-state index contributed by atoms with van der Waals surface area (Å²) in [4.78, 5) is 27.7. The molecule has 6 nitrogen and oxygen atoms in total. The highest BCUT2D eigenvalue weighted by Crippen LogP contribution is 2.35. The summed E-state index contributed by atoms with van der Waals surface area (Å²) in [5.74, 6) is 0.941. The van der Waals surface area contributed by atoms with Gasteiger partial charge in [-0.2, -0.15) is 0 Å². The van der Waals surface area contributed by atoms with Crippen molar-refractivity contribution in [1.29, 1.82) is 0 Å². The number of imide groups is 1. The molecule has 0 unspecified atom stereocenters. The number of pyridine rings is 1. The lowest BCUT2D eigenvalue weighted by Crippen LogP contribution is -2.17. The van der Waals surface area contributed by atoms with E-state index in [2.05, 4.69) is 10.3 Å². The fourth-order valence-electron chi connectivity index (χ4n) is 3.24. The van der Waals surface area contributed by atoms with E-state index in [-0.39, 0.29) is 5.24 Å². The quantitative estimate of drug-likeness (QED) is 0.677. The first-order valence-electron chi connectivity index (χ1n) is 8.24. The van der Waals surface area contributed by atoms with Gasteiger partial charge >= 0.3 is 0 Å². The monoisotopic (exact) mass is 380 g/mol. The molecule has 0 radical (unpaired) electrons. The molecule has 1 saturated heterocycles. The summed E-state index contributed by atoms with van der Waals surface area (Å²) in [5, 5.41) is 2.67. The van der Waals surface area contributed by atoms with Gasteiger partial charge in [-0.15, -0.1) is 0 Å². The van der Waals surface area contributed by atoms with Crippen molar-refractivity contribution in [2.24, 2.45) is 0 Å². The number of ether oxygens (including phenoxy) is 1. The van der Waals surface area contributed by atoms with Gasteiger partial charge in [0.1, 0.15) is 17.1 Å². The summed E-state index contributed by atoms with van der Waals surface area (Å²) >= 11 is 0.859. The summed E-state index contributed by atoms with van der Waals surface area (Å²) in [6, 6.07) is 5.86. The van der Waals surface area contributed by atoms with Crippen LogP contribution in [0, 0.1) is 13.8 Å². The number of methoxy groups -OCH3 is 1. The van der Waals surface area contributed by atoms with Crippen molar-refractivity contribution >= 4 is 40.0 Å². The molecular weight excluding hydrogens is 364 g/mol. The number of carbonyl (C=O) groups excluding carboxylic acids is 2. The molecule has 1 aliphatic rings. The van der Waals surface area contributed by atoms with Crippen LogP contribution in [0.1, 0.15) is 16.9 Å². The van der Waals surface area contributed by atoms with Gasteiger partial charge in [-0.05, 0) is 60.5 Å². The standard InChI is InChI=1S/C20H16N2O4S/c1-10-4-12(5-11(2)17(10)25-3)15-9-21-8-13-6-14(26-18(13)15)7-16-19(23)22-20(24)27-16/h4-9H,1-3H3,(H,22,23,24)/b16-7+. The number of aromatic nitrogens is 1. The number of hydrogen-bond acceptors (Lipinski definition) is 6. The third kappa shape index (κ3) is 3.10. The Bertz CT molecular complexity index is 1110. The lowest BCUT2D eigenvalue weighted by atomic mass is 10.00. The molecule has 3 heterocycles. The van der Waals surface area contributed by atoms with Gasteiger partial charge in [-0.1, -0.05) is 0 Å². The molecule has 1 N–H and O–H groups in total. The SMILES string of the molecule is COc1c(C)cc(-c2cncc3cc(/C=C4/SC(=O)NC4=O)oc23)cc1C. The first-order valence-corrected chi connectivity index (χ1v) is 9.06. The van der Waals surface area contributed by atoms with E-state index in [1.165, 1.54) is 0 Å². The van der Waals surface area contributed by atoms with Crippen molar-refractivity contribution in [3.63, 3.8) is 0 Å². The van der Waals surface area contributed by atoms with E-state index < -0.39 is 5.91 Å². The number of thioether (sulfide) groups is 1. The van der Waals surface area contributed by atoms with Gasteiger partial charge < -0.3 is 9.15 Å². The zero-order valence-electron chi connectivity index (χ0n) is 15.0. The molecule has 1 fully saturated rings. The minimum absolute atomic E-state index is 0.310. The van der Waals surface area contributed by atoms with E-state index in [0.717, 1.165) is 45.2 Å². The summed E-state index contributed by atoms with van der Waals surface area (Å²) < 4.78 is 11.4. The van der Waals surface area contributed by atoms with Gasteiger partial charge in [-0.25, -0.2) is 0 Å². The number of hydrogen-bond donors (Lipinski definition) is 1. The highest BCUT2D eigenvalue weighted by Gasteiger charge is 2.25. The molecule has 4 rings (SSSR count). The Morgan fingerprint density at radius 3 is 2.52 bits per heavy atom. The zero-order chi connectivity index (χ0) is 19.1. The minimum atomic E-state index is -0.412. The van der Waals surface area contributed by atoms with Crippen LogP contribution in [-0.4, -0.2) is 23.2 Å². The fraction of sp³-hybridized carbons (Fsp3) is 0.150. The number of nitrogens with one attached hydrogen (secondary N) is 1. The second-order valence-corrected chi connectivity index (χ2v) is 7.26. The summed E-state index contributed by atoms with van der Waals surface area (Å²) in [7, 11) is 1.66. The summed E-state index contributed by atoms with van der Waals surface area (Å²) in [6.07, 6.45) is 5.03. The highest BCUT2D eigenvalue weighted by molar-refractivity contribution is 8.18.